The minimum Gasteiger partial charge on any atom is -0.493 e. The van der Waals surface area contributed by atoms with Crippen LogP contribution in [0.3, 0.4) is 0 Å². The number of allylic oxidation sites excluding steroid dienone is 2. The summed E-state index contributed by atoms with van der Waals surface area (Å²) in [5, 5.41) is 0. The molecular weight excluding hydrogens is 240 g/mol. The standard InChI is InChI=1S/C16H24O3/c1-6-8-9-12(7-2)13-10-11-14(17-3)16(19-5)15(13)18-4/h6,8,10-12H,7,9H2,1-5H3/b8-6-. The van der Waals surface area contributed by atoms with E-state index in [0.29, 0.717) is 17.4 Å². The normalized spacial score (nSPS) is 12.5. The van der Waals surface area contributed by atoms with E-state index >= 15 is 0 Å². The molecular formula is C16H24O3. The van der Waals surface area contributed by atoms with Crippen LogP contribution in [0.2, 0.25) is 0 Å². The highest BCUT2D eigenvalue weighted by atomic mass is 16.5. The molecule has 106 valence electrons. The molecule has 0 saturated carbocycles. The Bertz CT molecular complexity index is 424. The summed E-state index contributed by atoms with van der Waals surface area (Å²) in [5.41, 5.74) is 1.17. The van der Waals surface area contributed by atoms with Crippen molar-refractivity contribution in [3.8, 4) is 17.2 Å². The molecule has 0 aliphatic rings. The van der Waals surface area contributed by atoms with Gasteiger partial charge in [0, 0.05) is 5.56 Å². The van der Waals surface area contributed by atoms with Gasteiger partial charge in [-0.15, -0.1) is 0 Å². The zero-order valence-electron chi connectivity index (χ0n) is 12.5. The maximum absolute atomic E-state index is 5.54. The average molecular weight is 264 g/mol. The molecule has 0 saturated heterocycles. The first-order chi connectivity index (χ1) is 9.23. The summed E-state index contributed by atoms with van der Waals surface area (Å²) in [5.74, 6) is 2.56. The third kappa shape index (κ3) is 3.43. The fraction of sp³-hybridized carbons (Fsp3) is 0.500. The summed E-state index contributed by atoms with van der Waals surface area (Å²) >= 11 is 0. The van der Waals surface area contributed by atoms with Crippen molar-refractivity contribution in [1.82, 2.24) is 0 Å². The second-order valence-electron chi connectivity index (χ2n) is 4.33. The Morgan fingerprint density at radius 3 is 2.21 bits per heavy atom. The summed E-state index contributed by atoms with van der Waals surface area (Å²) < 4.78 is 16.3. The van der Waals surface area contributed by atoms with E-state index in [0.717, 1.165) is 18.6 Å². The third-order valence-electron chi connectivity index (χ3n) is 3.32. The Morgan fingerprint density at radius 1 is 1.05 bits per heavy atom. The van der Waals surface area contributed by atoms with Gasteiger partial charge >= 0.3 is 0 Å². The molecule has 1 atom stereocenters. The van der Waals surface area contributed by atoms with Gasteiger partial charge in [0.25, 0.3) is 0 Å². The first kappa shape index (κ1) is 15.4. The van der Waals surface area contributed by atoms with Crippen molar-refractivity contribution in [2.45, 2.75) is 32.6 Å². The fourth-order valence-electron chi connectivity index (χ4n) is 2.26. The molecule has 0 aliphatic heterocycles. The Morgan fingerprint density at radius 2 is 1.74 bits per heavy atom. The van der Waals surface area contributed by atoms with Crippen molar-refractivity contribution in [2.24, 2.45) is 0 Å². The first-order valence-electron chi connectivity index (χ1n) is 6.63. The monoisotopic (exact) mass is 264 g/mol. The number of rotatable bonds is 7. The van der Waals surface area contributed by atoms with Crippen molar-refractivity contribution in [3.63, 3.8) is 0 Å². The van der Waals surface area contributed by atoms with Crippen LogP contribution in [0.25, 0.3) is 0 Å². The van der Waals surface area contributed by atoms with Crippen molar-refractivity contribution in [2.75, 3.05) is 21.3 Å². The van der Waals surface area contributed by atoms with Gasteiger partial charge in [0.1, 0.15) is 0 Å². The smallest absolute Gasteiger partial charge is 0.203 e. The molecule has 0 amide bonds. The van der Waals surface area contributed by atoms with Crippen molar-refractivity contribution < 1.29 is 14.2 Å². The molecule has 0 fully saturated rings. The molecule has 0 bridgehead atoms. The van der Waals surface area contributed by atoms with E-state index in [9.17, 15) is 0 Å². The van der Waals surface area contributed by atoms with E-state index in [1.807, 2.05) is 13.0 Å². The Hall–Kier alpha value is -1.64. The molecule has 1 unspecified atom stereocenters. The van der Waals surface area contributed by atoms with Crippen LogP contribution in [0.15, 0.2) is 24.3 Å². The topological polar surface area (TPSA) is 27.7 Å². The molecule has 0 radical (unpaired) electrons. The quantitative estimate of drug-likeness (QED) is 0.692. The van der Waals surface area contributed by atoms with Crippen LogP contribution in [-0.2, 0) is 0 Å². The second-order valence-corrected chi connectivity index (χ2v) is 4.33. The number of methoxy groups -OCH3 is 3. The first-order valence-corrected chi connectivity index (χ1v) is 6.63. The van der Waals surface area contributed by atoms with Gasteiger partial charge in [-0.05, 0) is 31.7 Å². The Balaban J connectivity index is 3.25. The maximum Gasteiger partial charge on any atom is 0.203 e. The van der Waals surface area contributed by atoms with Crippen molar-refractivity contribution >= 4 is 0 Å². The largest absolute Gasteiger partial charge is 0.493 e. The molecule has 3 nitrogen and oxygen atoms in total. The summed E-state index contributed by atoms with van der Waals surface area (Å²) in [6, 6.07) is 4.01. The number of benzene rings is 1. The van der Waals surface area contributed by atoms with Crippen molar-refractivity contribution in [3.05, 3.63) is 29.8 Å². The second kappa shape index (κ2) is 7.72. The van der Waals surface area contributed by atoms with Crippen LogP contribution in [0.4, 0.5) is 0 Å². The van der Waals surface area contributed by atoms with E-state index < -0.39 is 0 Å². The highest BCUT2D eigenvalue weighted by Gasteiger charge is 2.20. The van der Waals surface area contributed by atoms with Crippen molar-refractivity contribution in [1.29, 1.82) is 0 Å². The Kier molecular flexibility index (Phi) is 6.26. The number of ether oxygens (including phenoxy) is 3. The molecule has 1 aromatic carbocycles. The van der Waals surface area contributed by atoms with Gasteiger partial charge in [-0.25, -0.2) is 0 Å². The molecule has 0 spiro atoms. The minimum atomic E-state index is 0.422. The van der Waals surface area contributed by atoms with Crippen LogP contribution < -0.4 is 14.2 Å². The van der Waals surface area contributed by atoms with Crippen LogP contribution in [0.5, 0.6) is 17.2 Å². The molecule has 19 heavy (non-hydrogen) atoms. The van der Waals surface area contributed by atoms with Crippen LogP contribution in [0, 0.1) is 0 Å². The SMILES string of the molecule is C/C=C\CC(CC)c1ccc(OC)c(OC)c1OC. The lowest BCUT2D eigenvalue weighted by molar-refractivity contribution is 0.320. The number of hydrogen-bond donors (Lipinski definition) is 0. The van der Waals surface area contributed by atoms with Gasteiger partial charge in [0.05, 0.1) is 21.3 Å². The average Bonchev–Trinajstić information content (AvgIpc) is 2.46. The minimum absolute atomic E-state index is 0.422. The highest BCUT2D eigenvalue weighted by molar-refractivity contribution is 5.56. The summed E-state index contributed by atoms with van der Waals surface area (Å²) in [6.45, 7) is 4.23. The van der Waals surface area contributed by atoms with Gasteiger partial charge in [0.15, 0.2) is 11.5 Å². The van der Waals surface area contributed by atoms with Crippen LogP contribution >= 0.6 is 0 Å². The van der Waals surface area contributed by atoms with Gasteiger partial charge in [-0.2, -0.15) is 0 Å². The van der Waals surface area contributed by atoms with Gasteiger partial charge < -0.3 is 14.2 Å². The summed E-state index contributed by atoms with van der Waals surface area (Å²) in [7, 11) is 4.94. The van der Waals surface area contributed by atoms with Crippen LogP contribution in [-0.4, -0.2) is 21.3 Å². The number of hydrogen-bond acceptors (Lipinski definition) is 3. The lowest BCUT2D eigenvalue weighted by atomic mass is 9.91. The molecule has 3 heteroatoms. The van der Waals surface area contributed by atoms with E-state index in [2.05, 4.69) is 25.1 Å². The molecule has 1 aromatic rings. The predicted octanol–water partition coefficient (Wildman–Crippen LogP) is 4.17. The van der Waals surface area contributed by atoms with E-state index in [1.165, 1.54) is 5.56 Å². The van der Waals surface area contributed by atoms with Gasteiger partial charge in [-0.1, -0.05) is 25.1 Å². The third-order valence-corrected chi connectivity index (χ3v) is 3.32. The molecule has 0 N–H and O–H groups in total. The van der Waals surface area contributed by atoms with Gasteiger partial charge in [-0.3, -0.25) is 0 Å². The fourth-order valence-corrected chi connectivity index (χ4v) is 2.26. The molecule has 1 rings (SSSR count). The Labute approximate surface area is 116 Å². The predicted molar refractivity (Wildman–Crippen MR) is 78.6 cm³/mol. The van der Waals surface area contributed by atoms with E-state index in [4.69, 9.17) is 14.2 Å². The maximum atomic E-state index is 5.54. The van der Waals surface area contributed by atoms with E-state index in [1.54, 1.807) is 21.3 Å². The van der Waals surface area contributed by atoms with E-state index in [-0.39, 0.29) is 0 Å². The summed E-state index contributed by atoms with van der Waals surface area (Å²) in [6.07, 6.45) is 6.31. The molecule has 0 aliphatic carbocycles. The zero-order valence-corrected chi connectivity index (χ0v) is 12.5. The highest BCUT2D eigenvalue weighted by Crippen LogP contribution is 2.44. The molecule has 0 heterocycles. The lowest BCUT2D eigenvalue weighted by Crippen LogP contribution is -2.03. The van der Waals surface area contributed by atoms with Gasteiger partial charge in [0.2, 0.25) is 5.75 Å². The lowest BCUT2D eigenvalue weighted by Gasteiger charge is -2.20. The zero-order chi connectivity index (χ0) is 14.3. The summed E-state index contributed by atoms with van der Waals surface area (Å²) in [4.78, 5) is 0. The van der Waals surface area contributed by atoms with Crippen LogP contribution in [0.1, 0.15) is 38.2 Å². The molecule has 0 aromatic heterocycles.